The normalized spacial score (nSPS) is 21.2. The van der Waals surface area contributed by atoms with Gasteiger partial charge in [0.25, 0.3) is 0 Å². The van der Waals surface area contributed by atoms with Gasteiger partial charge < -0.3 is 4.42 Å². The van der Waals surface area contributed by atoms with Crippen LogP contribution < -0.4 is 0 Å². The molecule has 24 heavy (non-hydrogen) atoms. The summed E-state index contributed by atoms with van der Waals surface area (Å²) >= 11 is 0. The molecule has 128 valence electrons. The van der Waals surface area contributed by atoms with Gasteiger partial charge in [0.2, 0.25) is 5.91 Å². The van der Waals surface area contributed by atoms with Gasteiger partial charge in [0.1, 0.15) is 11.5 Å². The van der Waals surface area contributed by atoms with E-state index in [2.05, 4.69) is 10.00 Å². The molecule has 0 saturated carbocycles. The molecule has 1 amide bonds. The van der Waals surface area contributed by atoms with E-state index in [1.165, 1.54) is 5.06 Å². The highest BCUT2D eigenvalue weighted by Gasteiger charge is 2.30. The smallest absolute Gasteiger partial charge is 0.248 e. The van der Waals surface area contributed by atoms with Crippen LogP contribution >= 0.6 is 0 Å². The Hall–Kier alpha value is -2.12. The lowest BCUT2D eigenvalue weighted by molar-refractivity contribution is -0.170. The number of amides is 1. The van der Waals surface area contributed by atoms with Crippen molar-refractivity contribution in [2.45, 2.75) is 38.9 Å². The molecule has 2 aliphatic rings. The first-order valence-corrected chi connectivity index (χ1v) is 8.42. The molecule has 7 nitrogen and oxygen atoms in total. The maximum Gasteiger partial charge on any atom is 0.248 e. The first-order valence-electron chi connectivity index (χ1n) is 8.42. The molecule has 2 aromatic rings. The Bertz CT molecular complexity index is 717. The van der Waals surface area contributed by atoms with E-state index in [-0.39, 0.29) is 11.9 Å². The van der Waals surface area contributed by atoms with Gasteiger partial charge in [-0.15, -0.1) is 0 Å². The molecule has 0 N–H and O–H groups in total. The molecule has 1 fully saturated rings. The standard InChI is InChI=1S/C17H22N4O3/c1-13-3-4-16(24-13)12-19-10-14-5-6-18-21(14)15(11-19)9-17(22)20-7-2-8-23-20/h3-6,15H,2,7-12H2,1H3/t15-/m0/s1. The number of fused-ring (bicyclic) bond motifs is 1. The molecular weight excluding hydrogens is 308 g/mol. The van der Waals surface area contributed by atoms with Crippen LogP contribution in [-0.4, -0.2) is 45.3 Å². The molecule has 0 unspecified atom stereocenters. The van der Waals surface area contributed by atoms with Crippen LogP contribution in [0.15, 0.2) is 28.8 Å². The topological polar surface area (TPSA) is 63.7 Å². The molecular formula is C17H22N4O3. The average Bonchev–Trinajstić information content (AvgIpc) is 3.28. The molecule has 4 rings (SSSR count). The van der Waals surface area contributed by atoms with Crippen molar-refractivity contribution < 1.29 is 14.0 Å². The summed E-state index contributed by atoms with van der Waals surface area (Å²) in [4.78, 5) is 20.1. The molecule has 1 saturated heterocycles. The largest absolute Gasteiger partial charge is 0.465 e. The molecule has 0 aromatic carbocycles. The summed E-state index contributed by atoms with van der Waals surface area (Å²) in [5, 5.41) is 5.92. The molecule has 0 spiro atoms. The lowest BCUT2D eigenvalue weighted by Gasteiger charge is -2.33. The zero-order valence-corrected chi connectivity index (χ0v) is 13.9. The number of furan rings is 1. The van der Waals surface area contributed by atoms with Crippen LogP contribution in [0, 0.1) is 6.92 Å². The van der Waals surface area contributed by atoms with Gasteiger partial charge in [-0.1, -0.05) is 0 Å². The van der Waals surface area contributed by atoms with Crippen LogP contribution in [0.2, 0.25) is 0 Å². The van der Waals surface area contributed by atoms with Crippen LogP contribution in [-0.2, 0) is 22.7 Å². The van der Waals surface area contributed by atoms with Crippen LogP contribution in [0.3, 0.4) is 0 Å². The summed E-state index contributed by atoms with van der Waals surface area (Å²) in [5.74, 6) is 1.91. The van der Waals surface area contributed by atoms with Gasteiger partial charge in [-0.05, 0) is 31.5 Å². The van der Waals surface area contributed by atoms with Gasteiger partial charge >= 0.3 is 0 Å². The Kier molecular flexibility index (Phi) is 4.12. The fraction of sp³-hybridized carbons (Fsp3) is 0.529. The number of carbonyl (C=O) groups excluding carboxylic acids is 1. The van der Waals surface area contributed by atoms with Gasteiger partial charge in [-0.3, -0.25) is 19.2 Å². The Labute approximate surface area is 140 Å². The van der Waals surface area contributed by atoms with E-state index < -0.39 is 0 Å². The zero-order chi connectivity index (χ0) is 16.5. The SMILES string of the molecule is Cc1ccc(CN2Cc3ccnn3[C@@H](CC(=O)N3CCCO3)C2)o1. The van der Waals surface area contributed by atoms with E-state index in [4.69, 9.17) is 9.25 Å². The fourth-order valence-corrected chi connectivity index (χ4v) is 3.47. The van der Waals surface area contributed by atoms with E-state index in [0.29, 0.717) is 19.6 Å². The first kappa shape index (κ1) is 15.4. The molecule has 0 bridgehead atoms. The molecule has 0 radical (unpaired) electrons. The van der Waals surface area contributed by atoms with Crippen molar-refractivity contribution in [1.29, 1.82) is 0 Å². The summed E-state index contributed by atoms with van der Waals surface area (Å²) in [6, 6.07) is 6.04. The van der Waals surface area contributed by atoms with Gasteiger partial charge in [0, 0.05) is 19.3 Å². The highest BCUT2D eigenvalue weighted by Crippen LogP contribution is 2.26. The fourth-order valence-electron chi connectivity index (χ4n) is 3.47. The predicted octanol–water partition coefficient (Wildman–Crippen LogP) is 1.90. The number of nitrogens with zero attached hydrogens (tertiary/aromatic N) is 4. The number of aryl methyl sites for hydroxylation is 1. The Morgan fingerprint density at radius 3 is 3.04 bits per heavy atom. The second kappa shape index (κ2) is 6.41. The van der Waals surface area contributed by atoms with Crippen molar-refractivity contribution in [2.75, 3.05) is 19.7 Å². The van der Waals surface area contributed by atoms with Crippen molar-refractivity contribution in [1.82, 2.24) is 19.7 Å². The van der Waals surface area contributed by atoms with E-state index in [0.717, 1.165) is 43.3 Å². The number of hydroxylamine groups is 2. The zero-order valence-electron chi connectivity index (χ0n) is 13.9. The van der Waals surface area contributed by atoms with Gasteiger partial charge in [0.05, 0.1) is 37.9 Å². The van der Waals surface area contributed by atoms with E-state index in [9.17, 15) is 4.79 Å². The summed E-state index contributed by atoms with van der Waals surface area (Å²) in [7, 11) is 0. The molecule has 4 heterocycles. The lowest BCUT2D eigenvalue weighted by atomic mass is 10.1. The van der Waals surface area contributed by atoms with E-state index >= 15 is 0 Å². The van der Waals surface area contributed by atoms with Gasteiger partial charge in [-0.25, -0.2) is 5.06 Å². The van der Waals surface area contributed by atoms with Crippen molar-refractivity contribution in [3.05, 3.63) is 41.6 Å². The minimum Gasteiger partial charge on any atom is -0.465 e. The summed E-state index contributed by atoms with van der Waals surface area (Å²) in [5.41, 5.74) is 1.13. The highest BCUT2D eigenvalue weighted by atomic mass is 16.7. The van der Waals surface area contributed by atoms with E-state index in [1.54, 1.807) is 6.20 Å². The van der Waals surface area contributed by atoms with Crippen LogP contribution in [0.5, 0.6) is 0 Å². The molecule has 1 atom stereocenters. The third-order valence-corrected chi connectivity index (χ3v) is 4.57. The van der Waals surface area contributed by atoms with Crippen molar-refractivity contribution >= 4 is 5.91 Å². The van der Waals surface area contributed by atoms with Crippen LogP contribution in [0.1, 0.15) is 36.1 Å². The predicted molar refractivity (Wildman–Crippen MR) is 85.7 cm³/mol. The Morgan fingerprint density at radius 2 is 2.29 bits per heavy atom. The average molecular weight is 330 g/mol. The molecule has 2 aliphatic heterocycles. The third kappa shape index (κ3) is 3.09. The van der Waals surface area contributed by atoms with E-state index in [1.807, 2.05) is 29.8 Å². The quantitative estimate of drug-likeness (QED) is 0.857. The number of aromatic nitrogens is 2. The second-order valence-electron chi connectivity index (χ2n) is 6.49. The molecule has 7 heteroatoms. The number of rotatable bonds is 4. The molecule has 0 aliphatic carbocycles. The monoisotopic (exact) mass is 330 g/mol. The number of hydrogen-bond acceptors (Lipinski definition) is 5. The van der Waals surface area contributed by atoms with Crippen molar-refractivity contribution in [3.63, 3.8) is 0 Å². The van der Waals surface area contributed by atoms with Crippen molar-refractivity contribution in [3.8, 4) is 0 Å². The summed E-state index contributed by atoms with van der Waals surface area (Å²) < 4.78 is 7.68. The molecule has 2 aromatic heterocycles. The van der Waals surface area contributed by atoms with Crippen LogP contribution in [0.25, 0.3) is 0 Å². The highest BCUT2D eigenvalue weighted by molar-refractivity contribution is 5.75. The summed E-state index contributed by atoms with van der Waals surface area (Å²) in [6.45, 7) is 5.59. The minimum atomic E-state index is 0.0245. The van der Waals surface area contributed by atoms with Gasteiger partial charge in [-0.2, -0.15) is 5.10 Å². The lowest BCUT2D eigenvalue weighted by Crippen LogP contribution is -2.40. The number of hydrogen-bond donors (Lipinski definition) is 0. The maximum absolute atomic E-state index is 12.4. The second-order valence-corrected chi connectivity index (χ2v) is 6.49. The Morgan fingerprint density at radius 1 is 1.38 bits per heavy atom. The minimum absolute atomic E-state index is 0.0245. The van der Waals surface area contributed by atoms with Crippen molar-refractivity contribution in [2.24, 2.45) is 0 Å². The number of carbonyl (C=O) groups is 1. The van der Waals surface area contributed by atoms with Gasteiger partial charge in [0.15, 0.2) is 0 Å². The van der Waals surface area contributed by atoms with Crippen LogP contribution in [0.4, 0.5) is 0 Å². The first-order chi connectivity index (χ1) is 11.7. The third-order valence-electron chi connectivity index (χ3n) is 4.57. The Balaban J connectivity index is 1.47. The maximum atomic E-state index is 12.4. The summed E-state index contributed by atoms with van der Waals surface area (Å²) in [6.07, 6.45) is 3.12.